The molecule has 0 spiro atoms. The van der Waals surface area contributed by atoms with Crippen LogP contribution in [0.5, 0.6) is 0 Å². The quantitative estimate of drug-likeness (QED) is 0.166. The van der Waals surface area contributed by atoms with Crippen molar-refractivity contribution in [2.75, 3.05) is 0 Å². The van der Waals surface area contributed by atoms with Crippen molar-refractivity contribution in [2.45, 2.75) is 105 Å². The fraction of sp³-hybridized carbons (Fsp3) is 0.296. The van der Waals surface area contributed by atoms with E-state index in [1.807, 2.05) is 0 Å². The number of benzene rings is 7. The molecule has 0 N–H and O–H groups in total. The lowest BCUT2D eigenvalue weighted by atomic mass is 9.73. The summed E-state index contributed by atoms with van der Waals surface area (Å²) < 4.78 is 6.40. The van der Waals surface area contributed by atoms with Crippen molar-refractivity contribution in [3.8, 4) is 33.4 Å². The van der Waals surface area contributed by atoms with Gasteiger partial charge in [-0.2, -0.15) is 0 Å². The molecule has 0 amide bonds. The zero-order chi connectivity index (χ0) is 39.2. The Kier molecular flexibility index (Phi) is 8.50. The molecule has 0 bridgehead atoms. The molecular weight excluding hydrogens is 665 g/mol. The molecule has 8 aromatic rings. The van der Waals surface area contributed by atoms with E-state index in [9.17, 15) is 0 Å². The Labute approximate surface area is 328 Å². The normalized spacial score (nSPS) is 13.1. The van der Waals surface area contributed by atoms with Crippen LogP contribution in [0, 0.1) is 0 Å². The van der Waals surface area contributed by atoms with Crippen LogP contribution in [0.2, 0.25) is 0 Å². The van der Waals surface area contributed by atoms with Crippen LogP contribution in [0.25, 0.3) is 76.9 Å². The zero-order valence-corrected chi connectivity index (χ0v) is 35.0. The minimum atomic E-state index is -0.0758. The molecule has 0 saturated heterocycles. The Bertz CT molecular complexity index is 2740. The number of hydrogen-bond donors (Lipinski definition) is 0. The first-order valence-electron chi connectivity index (χ1n) is 20.0. The highest BCUT2D eigenvalue weighted by molar-refractivity contribution is 6.11. The minimum absolute atomic E-state index is 0.0669. The molecule has 0 fully saturated rings. The van der Waals surface area contributed by atoms with Gasteiger partial charge in [0.25, 0.3) is 0 Å². The second-order valence-electron chi connectivity index (χ2n) is 19.9. The molecule has 1 aromatic heterocycles. The van der Waals surface area contributed by atoms with Gasteiger partial charge in [0.2, 0.25) is 0 Å². The van der Waals surface area contributed by atoms with Crippen molar-refractivity contribution in [3.05, 3.63) is 144 Å². The molecule has 0 aliphatic heterocycles. The zero-order valence-electron chi connectivity index (χ0n) is 35.0. The van der Waals surface area contributed by atoms with Crippen LogP contribution in [-0.2, 0) is 21.7 Å². The first-order chi connectivity index (χ1) is 25.8. The average molecular weight is 721 g/mol. The molecule has 0 radical (unpaired) electrons. The third-order valence-electron chi connectivity index (χ3n) is 11.6. The Balaban J connectivity index is 1.29. The highest BCUT2D eigenvalue weighted by Gasteiger charge is 2.28. The number of rotatable bonds is 3. The van der Waals surface area contributed by atoms with Crippen molar-refractivity contribution < 1.29 is 4.42 Å². The van der Waals surface area contributed by atoms with Gasteiger partial charge in [0.15, 0.2) is 0 Å². The molecule has 8 rings (SSSR count). The Morgan fingerprint density at radius 2 is 0.564 bits per heavy atom. The van der Waals surface area contributed by atoms with Crippen molar-refractivity contribution in [1.82, 2.24) is 0 Å². The monoisotopic (exact) mass is 720 g/mol. The maximum absolute atomic E-state index is 6.40. The highest BCUT2D eigenvalue weighted by Crippen LogP contribution is 2.46. The number of furan rings is 1. The maximum Gasteiger partial charge on any atom is 0.135 e. The van der Waals surface area contributed by atoms with E-state index < -0.39 is 0 Å². The Morgan fingerprint density at radius 1 is 0.273 bits per heavy atom. The smallest absolute Gasteiger partial charge is 0.135 e. The van der Waals surface area contributed by atoms with Crippen molar-refractivity contribution >= 4 is 43.5 Å². The molecule has 0 atom stereocenters. The second kappa shape index (κ2) is 12.7. The summed E-state index contributed by atoms with van der Waals surface area (Å²) in [6, 6.07) is 45.8. The number of fused-ring (bicyclic) bond motifs is 5. The van der Waals surface area contributed by atoms with E-state index in [2.05, 4.69) is 204 Å². The average Bonchev–Trinajstić information content (AvgIpc) is 3.49. The topological polar surface area (TPSA) is 13.1 Å². The van der Waals surface area contributed by atoms with Crippen LogP contribution in [0.15, 0.2) is 126 Å². The molecule has 278 valence electrons. The van der Waals surface area contributed by atoms with Crippen molar-refractivity contribution in [2.24, 2.45) is 0 Å². The van der Waals surface area contributed by atoms with Gasteiger partial charge in [0, 0.05) is 10.8 Å². The largest absolute Gasteiger partial charge is 0.456 e. The van der Waals surface area contributed by atoms with Gasteiger partial charge in [0.05, 0.1) is 0 Å². The van der Waals surface area contributed by atoms with Gasteiger partial charge in [-0.3, -0.25) is 0 Å². The predicted octanol–water partition coefficient (Wildman–Crippen LogP) is 16.1. The molecule has 1 heteroatoms. The maximum atomic E-state index is 6.40. The summed E-state index contributed by atoms with van der Waals surface area (Å²) >= 11 is 0. The van der Waals surface area contributed by atoms with Crippen LogP contribution in [-0.4, -0.2) is 0 Å². The molecule has 0 unspecified atom stereocenters. The van der Waals surface area contributed by atoms with Gasteiger partial charge in [-0.15, -0.1) is 0 Å². The van der Waals surface area contributed by atoms with Crippen LogP contribution in [0.3, 0.4) is 0 Å². The molecule has 0 aliphatic rings. The van der Waals surface area contributed by atoms with Crippen LogP contribution >= 0.6 is 0 Å². The lowest BCUT2D eigenvalue weighted by Crippen LogP contribution is -2.17. The van der Waals surface area contributed by atoms with Crippen LogP contribution < -0.4 is 0 Å². The fourth-order valence-electron chi connectivity index (χ4n) is 8.67. The molecule has 0 saturated carbocycles. The van der Waals surface area contributed by atoms with Crippen LogP contribution in [0.4, 0.5) is 0 Å². The lowest BCUT2D eigenvalue weighted by Gasteiger charge is -2.31. The van der Waals surface area contributed by atoms with E-state index in [1.54, 1.807) is 0 Å². The van der Waals surface area contributed by atoms with Gasteiger partial charge in [0.1, 0.15) is 11.2 Å². The first-order valence-corrected chi connectivity index (χ1v) is 20.0. The van der Waals surface area contributed by atoms with Gasteiger partial charge < -0.3 is 4.42 Å². The van der Waals surface area contributed by atoms with Gasteiger partial charge in [-0.1, -0.05) is 168 Å². The van der Waals surface area contributed by atoms with E-state index in [0.29, 0.717) is 0 Å². The molecule has 0 aliphatic carbocycles. The summed E-state index contributed by atoms with van der Waals surface area (Å²) in [6.07, 6.45) is 0. The first kappa shape index (κ1) is 36.8. The second-order valence-corrected chi connectivity index (χ2v) is 19.9. The molecule has 1 heterocycles. The minimum Gasteiger partial charge on any atom is -0.456 e. The van der Waals surface area contributed by atoms with E-state index in [1.165, 1.54) is 77.2 Å². The standard InChI is InChI=1S/C54H56O/c1-51(2,3)39-21-13-33(14-22-39)35-17-25-41-45(31-35)49(53(7,8)9)42-26-18-37(32-46(42)50(41)54(10,11)12)38-20-28-48-44(30-38)43-29-36(19-27-47(43)55-48)34-15-23-40(24-16-34)52(4,5)6/h13-32H,1-12H3. The van der Waals surface area contributed by atoms with Gasteiger partial charge in [-0.25, -0.2) is 0 Å². The van der Waals surface area contributed by atoms with E-state index in [4.69, 9.17) is 4.42 Å². The summed E-state index contributed by atoms with van der Waals surface area (Å²) in [4.78, 5) is 0. The summed E-state index contributed by atoms with van der Waals surface area (Å²) in [6.45, 7) is 27.8. The fourth-order valence-corrected chi connectivity index (χ4v) is 8.67. The lowest BCUT2D eigenvalue weighted by molar-refractivity contribution is 0.590. The van der Waals surface area contributed by atoms with E-state index in [-0.39, 0.29) is 21.7 Å². The Hall–Kier alpha value is -5.14. The Morgan fingerprint density at radius 3 is 0.891 bits per heavy atom. The number of hydrogen-bond acceptors (Lipinski definition) is 1. The van der Waals surface area contributed by atoms with Crippen molar-refractivity contribution in [3.63, 3.8) is 0 Å². The summed E-state index contributed by atoms with van der Waals surface area (Å²) in [5.74, 6) is 0. The highest BCUT2D eigenvalue weighted by atomic mass is 16.3. The molecular formula is C54H56O. The third-order valence-corrected chi connectivity index (χ3v) is 11.6. The SMILES string of the molecule is CC(C)(C)c1ccc(-c2ccc3c(C(C)(C)C)c4cc(-c5ccc6oc7ccc(-c8ccc(C(C)(C)C)cc8)cc7c6c5)ccc4c(C(C)(C)C)c3c2)cc1. The van der Waals surface area contributed by atoms with Gasteiger partial charge >= 0.3 is 0 Å². The summed E-state index contributed by atoms with van der Waals surface area (Å²) in [5, 5.41) is 7.67. The molecule has 7 aromatic carbocycles. The molecule has 55 heavy (non-hydrogen) atoms. The van der Waals surface area contributed by atoms with Crippen molar-refractivity contribution in [1.29, 1.82) is 0 Å². The van der Waals surface area contributed by atoms with Gasteiger partial charge in [-0.05, 0) is 135 Å². The summed E-state index contributed by atoms with van der Waals surface area (Å²) in [5.41, 5.74) is 14.8. The van der Waals surface area contributed by atoms with E-state index in [0.717, 1.165) is 21.9 Å². The summed E-state index contributed by atoms with van der Waals surface area (Å²) in [7, 11) is 0. The molecule has 1 nitrogen and oxygen atoms in total. The predicted molar refractivity (Wildman–Crippen MR) is 240 cm³/mol. The van der Waals surface area contributed by atoms with Crippen LogP contribution in [0.1, 0.15) is 105 Å². The van der Waals surface area contributed by atoms with E-state index >= 15 is 0 Å². The third kappa shape index (κ3) is 6.67.